The van der Waals surface area contributed by atoms with E-state index in [4.69, 9.17) is 5.11 Å². The summed E-state index contributed by atoms with van der Waals surface area (Å²) in [4.78, 5) is 0. The number of alkyl halides is 1. The van der Waals surface area contributed by atoms with Crippen LogP contribution in [0.15, 0.2) is 6.07 Å². The van der Waals surface area contributed by atoms with E-state index in [1.165, 1.54) is 5.69 Å². The zero-order valence-electron chi connectivity index (χ0n) is 11.9. The van der Waals surface area contributed by atoms with Gasteiger partial charge in [-0.05, 0) is 51.0 Å². The summed E-state index contributed by atoms with van der Waals surface area (Å²) in [6, 6.07) is 2.55. The summed E-state index contributed by atoms with van der Waals surface area (Å²) in [6.07, 6.45) is 1.98. The van der Waals surface area contributed by atoms with Crippen molar-refractivity contribution in [3.05, 3.63) is 17.5 Å². The second kappa shape index (κ2) is 4.30. The first-order valence-corrected chi connectivity index (χ1v) is 7.37. The maximum atomic E-state index is 14.1. The fraction of sp³-hybridized carbons (Fsp3) is 0.800. The molecule has 2 aliphatic rings. The van der Waals surface area contributed by atoms with Gasteiger partial charge in [0.25, 0.3) is 0 Å². The molecule has 1 heterocycles. The van der Waals surface area contributed by atoms with Crippen LogP contribution >= 0.6 is 0 Å². The van der Waals surface area contributed by atoms with Crippen LogP contribution in [0.25, 0.3) is 0 Å². The van der Waals surface area contributed by atoms with Crippen LogP contribution in [0.2, 0.25) is 0 Å². The zero-order chi connectivity index (χ0) is 13.8. The average Bonchev–Trinajstić information content (AvgIpc) is 2.80. The molecule has 19 heavy (non-hydrogen) atoms. The normalized spacial score (nSPS) is 36.8. The Balaban J connectivity index is 1.81. The molecule has 0 aromatic carbocycles. The van der Waals surface area contributed by atoms with Crippen LogP contribution in [0.3, 0.4) is 0 Å². The minimum Gasteiger partial charge on any atom is -0.393 e. The fourth-order valence-corrected chi connectivity index (χ4v) is 3.79. The lowest BCUT2D eigenvalue weighted by Gasteiger charge is -2.20. The third kappa shape index (κ3) is 2.00. The highest BCUT2D eigenvalue weighted by atomic mass is 19.1. The Bertz CT molecular complexity index is 470. The topological polar surface area (TPSA) is 38.0 Å². The molecule has 1 aromatic rings. The summed E-state index contributed by atoms with van der Waals surface area (Å²) < 4.78 is 16.2. The minimum atomic E-state index is -1.32. The molecular weight excluding hydrogens is 243 g/mol. The first-order valence-electron chi connectivity index (χ1n) is 7.37. The molecule has 2 atom stereocenters. The van der Waals surface area contributed by atoms with E-state index in [2.05, 4.69) is 36.6 Å². The smallest absolute Gasteiger partial charge is 0.134 e. The van der Waals surface area contributed by atoms with Crippen LogP contribution in [-0.4, -0.2) is 27.2 Å². The van der Waals surface area contributed by atoms with E-state index in [0.717, 1.165) is 12.1 Å². The highest BCUT2D eigenvalue weighted by Gasteiger charge is 2.63. The molecule has 106 valence electrons. The van der Waals surface area contributed by atoms with Gasteiger partial charge in [-0.1, -0.05) is 6.92 Å². The Kier molecular flexibility index (Phi) is 2.97. The van der Waals surface area contributed by atoms with Crippen molar-refractivity contribution in [2.24, 2.45) is 11.8 Å². The second-order valence-corrected chi connectivity index (χ2v) is 6.52. The SMILES string of the molecule is CCc1cc(C2C3CC(F)(CO)CC32)n(C(C)C)n1. The molecule has 0 aliphatic heterocycles. The third-order valence-corrected chi connectivity index (χ3v) is 4.83. The van der Waals surface area contributed by atoms with E-state index < -0.39 is 5.67 Å². The molecule has 3 rings (SSSR count). The number of hydrogen-bond acceptors (Lipinski definition) is 2. The number of aryl methyl sites for hydroxylation is 1. The average molecular weight is 266 g/mol. The quantitative estimate of drug-likeness (QED) is 0.910. The van der Waals surface area contributed by atoms with Crippen LogP contribution in [0.5, 0.6) is 0 Å². The fourth-order valence-electron chi connectivity index (χ4n) is 3.79. The first-order chi connectivity index (χ1) is 8.99. The molecule has 1 N–H and O–H groups in total. The minimum absolute atomic E-state index is 0.323. The predicted molar refractivity (Wildman–Crippen MR) is 71.9 cm³/mol. The van der Waals surface area contributed by atoms with Crippen molar-refractivity contribution < 1.29 is 9.50 Å². The number of hydrogen-bond donors (Lipinski definition) is 1. The van der Waals surface area contributed by atoms with Gasteiger partial charge < -0.3 is 5.11 Å². The molecule has 2 unspecified atom stereocenters. The third-order valence-electron chi connectivity index (χ3n) is 4.83. The lowest BCUT2D eigenvalue weighted by atomic mass is 9.96. The molecule has 0 radical (unpaired) electrons. The maximum Gasteiger partial charge on any atom is 0.134 e. The summed E-state index contributed by atoms with van der Waals surface area (Å²) in [5.41, 5.74) is 1.09. The van der Waals surface area contributed by atoms with Crippen molar-refractivity contribution in [2.45, 2.75) is 57.7 Å². The van der Waals surface area contributed by atoms with Crippen LogP contribution in [0.1, 0.15) is 57.0 Å². The van der Waals surface area contributed by atoms with Crippen LogP contribution in [0, 0.1) is 11.8 Å². The Morgan fingerprint density at radius 1 is 1.47 bits per heavy atom. The Morgan fingerprint density at radius 2 is 2.11 bits per heavy atom. The summed E-state index contributed by atoms with van der Waals surface area (Å²) in [6.45, 7) is 6.07. The summed E-state index contributed by atoms with van der Waals surface area (Å²) in [5, 5.41) is 13.8. The van der Waals surface area contributed by atoms with Gasteiger partial charge in [-0.3, -0.25) is 4.68 Å². The van der Waals surface area contributed by atoms with Gasteiger partial charge in [0.15, 0.2) is 0 Å². The summed E-state index contributed by atoms with van der Waals surface area (Å²) in [5.74, 6) is 1.29. The van der Waals surface area contributed by atoms with E-state index in [9.17, 15) is 4.39 Å². The van der Waals surface area contributed by atoms with Crippen molar-refractivity contribution in [3.63, 3.8) is 0 Å². The number of nitrogens with zero attached hydrogens (tertiary/aromatic N) is 2. The highest BCUT2D eigenvalue weighted by Crippen LogP contribution is 2.66. The first kappa shape index (κ1) is 13.1. The Labute approximate surface area is 113 Å². The molecule has 0 spiro atoms. The van der Waals surface area contributed by atoms with E-state index in [1.54, 1.807) is 0 Å². The number of aliphatic hydroxyl groups excluding tert-OH is 1. The van der Waals surface area contributed by atoms with Gasteiger partial charge in [0.05, 0.1) is 12.3 Å². The van der Waals surface area contributed by atoms with Gasteiger partial charge in [-0.2, -0.15) is 5.10 Å². The molecule has 1 aromatic heterocycles. The molecule has 2 saturated carbocycles. The van der Waals surface area contributed by atoms with Crippen molar-refractivity contribution >= 4 is 0 Å². The van der Waals surface area contributed by atoms with Crippen molar-refractivity contribution in [1.82, 2.24) is 9.78 Å². The van der Waals surface area contributed by atoms with Crippen LogP contribution in [0.4, 0.5) is 4.39 Å². The van der Waals surface area contributed by atoms with E-state index in [1.807, 2.05) is 0 Å². The predicted octanol–water partition coefficient (Wildman–Crippen LogP) is 2.85. The van der Waals surface area contributed by atoms with Gasteiger partial charge in [0, 0.05) is 17.7 Å². The summed E-state index contributed by atoms with van der Waals surface area (Å²) in [7, 11) is 0. The standard InChI is InChI=1S/C15H23FN2O/c1-4-10-5-13(18(17-10)9(2)3)14-11-6-15(16,8-19)7-12(11)14/h5,9,11-12,14,19H,4,6-8H2,1-3H3. The number of fused-ring (bicyclic) bond motifs is 1. The van der Waals surface area contributed by atoms with E-state index in [-0.39, 0.29) is 6.61 Å². The van der Waals surface area contributed by atoms with Crippen molar-refractivity contribution in [3.8, 4) is 0 Å². The van der Waals surface area contributed by atoms with Gasteiger partial charge in [0.2, 0.25) is 0 Å². The molecule has 3 nitrogen and oxygen atoms in total. The molecule has 2 fully saturated rings. The van der Waals surface area contributed by atoms with Crippen LogP contribution < -0.4 is 0 Å². The van der Waals surface area contributed by atoms with Crippen molar-refractivity contribution in [2.75, 3.05) is 6.61 Å². The number of aliphatic hydroxyl groups is 1. The molecule has 2 aliphatic carbocycles. The van der Waals surface area contributed by atoms with E-state index >= 15 is 0 Å². The largest absolute Gasteiger partial charge is 0.393 e. The van der Waals surface area contributed by atoms with E-state index in [0.29, 0.717) is 36.6 Å². The lowest BCUT2D eigenvalue weighted by molar-refractivity contribution is 0.0636. The molecule has 4 heteroatoms. The molecule has 0 amide bonds. The summed E-state index contributed by atoms with van der Waals surface area (Å²) >= 11 is 0. The second-order valence-electron chi connectivity index (χ2n) is 6.52. The molecular formula is C15H23FN2O. The zero-order valence-corrected chi connectivity index (χ0v) is 11.9. The number of aromatic nitrogens is 2. The van der Waals surface area contributed by atoms with Gasteiger partial charge in [0.1, 0.15) is 5.67 Å². The number of rotatable bonds is 4. The number of halogens is 1. The van der Waals surface area contributed by atoms with Gasteiger partial charge in [-0.25, -0.2) is 4.39 Å². The maximum absolute atomic E-state index is 14.1. The van der Waals surface area contributed by atoms with Crippen molar-refractivity contribution in [1.29, 1.82) is 0 Å². The molecule has 0 saturated heterocycles. The Hall–Kier alpha value is -0.900. The highest BCUT2D eigenvalue weighted by molar-refractivity contribution is 5.29. The van der Waals surface area contributed by atoms with Gasteiger partial charge >= 0.3 is 0 Å². The lowest BCUT2D eigenvalue weighted by Crippen LogP contribution is -2.26. The Morgan fingerprint density at radius 3 is 2.58 bits per heavy atom. The van der Waals surface area contributed by atoms with Crippen LogP contribution in [-0.2, 0) is 6.42 Å². The van der Waals surface area contributed by atoms with Gasteiger partial charge in [-0.15, -0.1) is 0 Å². The molecule has 0 bridgehead atoms. The monoisotopic (exact) mass is 266 g/mol.